The molecule has 104 valence electrons. The van der Waals surface area contributed by atoms with Crippen LogP contribution in [0, 0.1) is 11.7 Å². The lowest BCUT2D eigenvalue weighted by molar-refractivity contribution is 0.419. The second-order valence-corrected chi connectivity index (χ2v) is 5.17. The van der Waals surface area contributed by atoms with E-state index >= 15 is 0 Å². The molecule has 0 saturated carbocycles. The van der Waals surface area contributed by atoms with Gasteiger partial charge in [-0.15, -0.1) is 0 Å². The summed E-state index contributed by atoms with van der Waals surface area (Å²) < 4.78 is 9.94. The Bertz CT molecular complexity index is 827. The predicted molar refractivity (Wildman–Crippen MR) is 80.7 cm³/mol. The number of nitrogens with zero attached hydrogens (tertiary/aromatic N) is 3. The number of fused-ring (bicyclic) bond motifs is 1. The first kappa shape index (κ1) is 12.9. The van der Waals surface area contributed by atoms with E-state index in [0.717, 1.165) is 28.0 Å². The van der Waals surface area contributed by atoms with Crippen molar-refractivity contribution in [3.8, 4) is 5.75 Å². The summed E-state index contributed by atoms with van der Waals surface area (Å²) in [4.78, 5) is 3.22. The van der Waals surface area contributed by atoms with Gasteiger partial charge in [0.05, 0.1) is 24.9 Å². The number of nitrogens with one attached hydrogen (secondary N) is 1. The molecular weight excluding hydrogens is 272 g/mol. The van der Waals surface area contributed by atoms with Gasteiger partial charge in [0.15, 0.2) is 4.77 Å². The Hall–Kier alpha value is -2.08. The smallest absolute Gasteiger partial charge is 0.178 e. The second kappa shape index (κ2) is 4.79. The van der Waals surface area contributed by atoms with E-state index in [1.165, 1.54) is 0 Å². The molecular formula is C14H16N4OS. The highest BCUT2D eigenvalue weighted by Gasteiger charge is 2.11. The summed E-state index contributed by atoms with van der Waals surface area (Å²) in [6.07, 6.45) is 2.02. The first-order chi connectivity index (χ1) is 9.60. The minimum atomic E-state index is 0.688. The normalized spacial score (nSPS) is 11.2. The van der Waals surface area contributed by atoms with Gasteiger partial charge in [0, 0.05) is 18.8 Å². The van der Waals surface area contributed by atoms with Gasteiger partial charge < -0.3 is 14.3 Å². The maximum atomic E-state index is 5.43. The predicted octanol–water partition coefficient (Wildman–Crippen LogP) is 2.80. The molecule has 5 nitrogen and oxygen atoms in total. The van der Waals surface area contributed by atoms with Gasteiger partial charge in [-0.2, -0.15) is 5.10 Å². The molecule has 3 aromatic rings. The molecule has 0 aliphatic carbocycles. The molecule has 0 spiro atoms. The number of H-pyrrole nitrogens is 1. The zero-order valence-corrected chi connectivity index (χ0v) is 12.5. The Balaban J connectivity index is 2.14. The van der Waals surface area contributed by atoms with Crippen LogP contribution in [0.25, 0.3) is 11.0 Å². The SMILES string of the molecule is COc1cccc2c1[nH]c(=S)n2Cc1cn(C)nc1C. The van der Waals surface area contributed by atoms with Crippen molar-refractivity contribution < 1.29 is 4.74 Å². The highest BCUT2D eigenvalue weighted by Crippen LogP contribution is 2.25. The summed E-state index contributed by atoms with van der Waals surface area (Å²) in [7, 11) is 3.59. The first-order valence-corrected chi connectivity index (χ1v) is 6.75. The molecule has 0 radical (unpaired) electrons. The number of ether oxygens (including phenoxy) is 1. The average molecular weight is 288 g/mol. The van der Waals surface area contributed by atoms with Crippen molar-refractivity contribution in [1.82, 2.24) is 19.3 Å². The average Bonchev–Trinajstić information content (AvgIpc) is 2.90. The number of benzene rings is 1. The summed E-state index contributed by atoms with van der Waals surface area (Å²) in [6.45, 7) is 2.71. The molecule has 0 atom stereocenters. The van der Waals surface area contributed by atoms with E-state index in [0.29, 0.717) is 11.3 Å². The Morgan fingerprint density at radius 2 is 2.20 bits per heavy atom. The van der Waals surface area contributed by atoms with Crippen molar-refractivity contribution in [3.63, 3.8) is 0 Å². The van der Waals surface area contributed by atoms with Crippen molar-refractivity contribution >= 4 is 23.3 Å². The zero-order chi connectivity index (χ0) is 14.3. The largest absolute Gasteiger partial charge is 0.494 e. The molecule has 1 aromatic carbocycles. The highest BCUT2D eigenvalue weighted by atomic mass is 32.1. The third-order valence-electron chi connectivity index (χ3n) is 3.44. The van der Waals surface area contributed by atoms with E-state index in [9.17, 15) is 0 Å². The number of hydrogen-bond donors (Lipinski definition) is 1. The molecule has 3 rings (SSSR count). The van der Waals surface area contributed by atoms with Crippen molar-refractivity contribution in [2.24, 2.45) is 7.05 Å². The van der Waals surface area contributed by atoms with Crippen molar-refractivity contribution in [2.45, 2.75) is 13.5 Å². The lowest BCUT2D eigenvalue weighted by Crippen LogP contribution is -2.00. The third kappa shape index (κ3) is 2.02. The second-order valence-electron chi connectivity index (χ2n) is 4.78. The molecule has 0 fully saturated rings. The molecule has 0 unspecified atom stereocenters. The van der Waals surface area contributed by atoms with Crippen LogP contribution in [0.4, 0.5) is 0 Å². The number of imidazole rings is 1. The topological polar surface area (TPSA) is 47.8 Å². The van der Waals surface area contributed by atoms with E-state index in [1.807, 2.05) is 43.0 Å². The van der Waals surface area contributed by atoms with Crippen LogP contribution in [-0.4, -0.2) is 26.4 Å². The van der Waals surface area contributed by atoms with Gasteiger partial charge in [0.1, 0.15) is 11.3 Å². The molecule has 0 aliphatic rings. The number of methoxy groups -OCH3 is 1. The van der Waals surface area contributed by atoms with Crippen LogP contribution in [0.3, 0.4) is 0 Å². The fraction of sp³-hybridized carbons (Fsp3) is 0.286. The minimum Gasteiger partial charge on any atom is -0.494 e. The Morgan fingerprint density at radius 1 is 1.40 bits per heavy atom. The Labute approximate surface area is 121 Å². The van der Waals surface area contributed by atoms with Crippen LogP contribution in [0.1, 0.15) is 11.3 Å². The number of rotatable bonds is 3. The lowest BCUT2D eigenvalue weighted by Gasteiger charge is -2.04. The van der Waals surface area contributed by atoms with E-state index in [-0.39, 0.29) is 0 Å². The van der Waals surface area contributed by atoms with E-state index in [2.05, 4.69) is 14.6 Å². The Kier molecular flexibility index (Phi) is 3.10. The van der Waals surface area contributed by atoms with E-state index < -0.39 is 0 Å². The number of para-hydroxylation sites is 1. The molecule has 2 aromatic heterocycles. The zero-order valence-electron chi connectivity index (χ0n) is 11.7. The molecule has 0 saturated heterocycles. The summed E-state index contributed by atoms with van der Waals surface area (Å²) >= 11 is 5.43. The summed E-state index contributed by atoms with van der Waals surface area (Å²) in [6, 6.07) is 5.93. The fourth-order valence-electron chi connectivity index (χ4n) is 2.46. The van der Waals surface area contributed by atoms with Gasteiger partial charge in [0.25, 0.3) is 0 Å². The summed E-state index contributed by atoms with van der Waals surface area (Å²) in [5.41, 5.74) is 4.15. The maximum absolute atomic E-state index is 5.43. The fourth-order valence-corrected chi connectivity index (χ4v) is 2.72. The van der Waals surface area contributed by atoms with Gasteiger partial charge in [-0.05, 0) is 31.3 Å². The van der Waals surface area contributed by atoms with E-state index in [4.69, 9.17) is 17.0 Å². The Morgan fingerprint density at radius 3 is 2.85 bits per heavy atom. The van der Waals surface area contributed by atoms with Crippen LogP contribution in [0.2, 0.25) is 0 Å². The molecule has 1 N–H and O–H groups in total. The number of aryl methyl sites for hydroxylation is 2. The third-order valence-corrected chi connectivity index (χ3v) is 3.76. The van der Waals surface area contributed by atoms with Crippen LogP contribution in [-0.2, 0) is 13.6 Å². The highest BCUT2D eigenvalue weighted by molar-refractivity contribution is 7.71. The number of hydrogen-bond acceptors (Lipinski definition) is 3. The monoisotopic (exact) mass is 288 g/mol. The van der Waals surface area contributed by atoms with Crippen LogP contribution in [0.5, 0.6) is 5.75 Å². The number of aromatic nitrogens is 4. The van der Waals surface area contributed by atoms with Crippen LogP contribution in [0.15, 0.2) is 24.4 Å². The molecule has 0 aliphatic heterocycles. The summed E-state index contributed by atoms with van der Waals surface area (Å²) in [5.74, 6) is 0.801. The quantitative estimate of drug-likeness (QED) is 0.754. The molecule has 2 heterocycles. The standard InChI is InChI=1S/C14H16N4OS/c1-9-10(7-17(2)16-9)8-18-11-5-4-6-12(19-3)13(11)15-14(18)20/h4-7H,8H2,1-3H3,(H,15,20). The molecule has 20 heavy (non-hydrogen) atoms. The van der Waals surface area contributed by atoms with Crippen LogP contribution < -0.4 is 4.74 Å². The molecule has 0 amide bonds. The van der Waals surface area contributed by atoms with Crippen molar-refractivity contribution in [2.75, 3.05) is 7.11 Å². The van der Waals surface area contributed by atoms with Crippen LogP contribution >= 0.6 is 12.2 Å². The summed E-state index contributed by atoms with van der Waals surface area (Å²) in [5, 5.41) is 4.37. The minimum absolute atomic E-state index is 0.688. The van der Waals surface area contributed by atoms with Crippen molar-refractivity contribution in [1.29, 1.82) is 0 Å². The number of aromatic amines is 1. The lowest BCUT2D eigenvalue weighted by atomic mass is 10.2. The first-order valence-electron chi connectivity index (χ1n) is 6.35. The molecule has 6 heteroatoms. The van der Waals surface area contributed by atoms with Gasteiger partial charge >= 0.3 is 0 Å². The van der Waals surface area contributed by atoms with Gasteiger partial charge in [-0.1, -0.05) is 6.07 Å². The van der Waals surface area contributed by atoms with Crippen molar-refractivity contribution in [3.05, 3.63) is 40.4 Å². The molecule has 0 bridgehead atoms. The maximum Gasteiger partial charge on any atom is 0.178 e. The van der Waals surface area contributed by atoms with Gasteiger partial charge in [-0.3, -0.25) is 4.68 Å². The van der Waals surface area contributed by atoms with Gasteiger partial charge in [-0.25, -0.2) is 0 Å². The van der Waals surface area contributed by atoms with E-state index in [1.54, 1.807) is 7.11 Å². The van der Waals surface area contributed by atoms with Gasteiger partial charge in [0.2, 0.25) is 0 Å².